The van der Waals surface area contributed by atoms with E-state index in [4.69, 9.17) is 24.5 Å². The van der Waals surface area contributed by atoms with Gasteiger partial charge in [0, 0.05) is 24.0 Å². The van der Waals surface area contributed by atoms with Crippen molar-refractivity contribution in [3.63, 3.8) is 0 Å². The zero-order valence-corrected chi connectivity index (χ0v) is 11.7. The van der Waals surface area contributed by atoms with Gasteiger partial charge in [0.25, 0.3) is 0 Å². The van der Waals surface area contributed by atoms with E-state index in [0.717, 1.165) is 5.56 Å². The van der Waals surface area contributed by atoms with Gasteiger partial charge in [-0.2, -0.15) is 0 Å². The van der Waals surface area contributed by atoms with Crippen LogP contribution in [0.1, 0.15) is 18.3 Å². The van der Waals surface area contributed by atoms with Crippen LogP contribution in [0.25, 0.3) is 10.4 Å². The topological polar surface area (TPSA) is 85.7 Å². The maximum Gasteiger partial charge on any atom is 0.184 e. The molecule has 0 radical (unpaired) electrons. The average Bonchev–Trinajstić information content (AvgIpc) is 2.55. The zero-order valence-electron chi connectivity index (χ0n) is 11.7. The number of nitrogens with zero attached hydrogens (tertiary/aromatic N) is 3. The lowest BCUT2D eigenvalue weighted by Crippen LogP contribution is -2.54. The normalized spacial score (nSPS) is 35.6. The molecule has 112 valence electrons. The standard InChI is InChI=1S/C14H17N3O4/c1-18-12-7-10(16-17-15)13-11(20-12)8-19-14(21-13)9-5-3-2-4-6-9/h2-6,10-14H,7-8H2,1H3/t10-,11-,12-,13+,14-/m0/s1. The van der Waals surface area contributed by atoms with Crippen LogP contribution in [0.15, 0.2) is 35.4 Å². The summed E-state index contributed by atoms with van der Waals surface area (Å²) in [6.07, 6.45) is -1.01. The number of ether oxygens (including phenoxy) is 4. The Bertz CT molecular complexity index is 520. The Kier molecular flexibility index (Phi) is 4.38. The first-order chi connectivity index (χ1) is 10.3. The fourth-order valence-electron chi connectivity index (χ4n) is 2.70. The van der Waals surface area contributed by atoms with E-state index in [9.17, 15) is 0 Å². The molecule has 1 aromatic rings. The van der Waals surface area contributed by atoms with Gasteiger partial charge in [0.2, 0.25) is 0 Å². The lowest BCUT2D eigenvalue weighted by Gasteiger charge is -2.44. The van der Waals surface area contributed by atoms with Gasteiger partial charge in [-0.3, -0.25) is 0 Å². The molecule has 2 saturated heterocycles. The fraction of sp³-hybridized carbons (Fsp3) is 0.571. The van der Waals surface area contributed by atoms with Crippen LogP contribution >= 0.6 is 0 Å². The van der Waals surface area contributed by atoms with Crippen molar-refractivity contribution in [3.8, 4) is 0 Å². The minimum atomic E-state index is -0.466. The summed E-state index contributed by atoms with van der Waals surface area (Å²) in [6.45, 7) is 0.377. The Morgan fingerprint density at radius 1 is 1.29 bits per heavy atom. The van der Waals surface area contributed by atoms with Crippen molar-refractivity contribution in [3.05, 3.63) is 46.3 Å². The molecule has 0 aliphatic carbocycles. The summed E-state index contributed by atoms with van der Waals surface area (Å²) in [7, 11) is 1.56. The minimum absolute atomic E-state index is 0.292. The third kappa shape index (κ3) is 3.02. The van der Waals surface area contributed by atoms with Crippen LogP contribution in [0.5, 0.6) is 0 Å². The van der Waals surface area contributed by atoms with Gasteiger partial charge in [-0.15, -0.1) is 0 Å². The van der Waals surface area contributed by atoms with Gasteiger partial charge in [-0.05, 0) is 5.53 Å². The molecule has 0 spiro atoms. The SMILES string of the molecule is CO[C@@H]1C[C@H](N=[N+]=[N-])[C@H]2O[C@@H](c3ccccc3)OC[C@@H]2O1. The van der Waals surface area contributed by atoms with Crippen LogP contribution < -0.4 is 0 Å². The van der Waals surface area contributed by atoms with Crippen LogP contribution in [0, 0.1) is 0 Å². The summed E-state index contributed by atoms with van der Waals surface area (Å²) in [4.78, 5) is 2.91. The first-order valence-electron chi connectivity index (χ1n) is 6.86. The summed E-state index contributed by atoms with van der Waals surface area (Å²) in [5.41, 5.74) is 9.68. The lowest BCUT2D eigenvalue weighted by atomic mass is 9.98. The number of hydrogen-bond acceptors (Lipinski definition) is 5. The summed E-state index contributed by atoms with van der Waals surface area (Å²) in [6, 6.07) is 9.35. The smallest absolute Gasteiger partial charge is 0.184 e. The molecular formula is C14H17N3O4. The zero-order chi connectivity index (χ0) is 14.7. The summed E-state index contributed by atoms with van der Waals surface area (Å²) < 4.78 is 22.6. The molecular weight excluding hydrogens is 274 g/mol. The van der Waals surface area contributed by atoms with E-state index in [2.05, 4.69) is 10.0 Å². The van der Waals surface area contributed by atoms with Crippen LogP contribution in [-0.4, -0.2) is 38.3 Å². The molecule has 3 rings (SSSR count). The van der Waals surface area contributed by atoms with Crippen LogP contribution in [0.2, 0.25) is 0 Å². The van der Waals surface area contributed by atoms with Gasteiger partial charge in [0.1, 0.15) is 6.10 Å². The lowest BCUT2D eigenvalue weighted by molar-refractivity contribution is -0.317. The molecule has 0 saturated carbocycles. The number of benzene rings is 1. The van der Waals surface area contributed by atoms with Gasteiger partial charge in [-0.1, -0.05) is 35.4 Å². The maximum atomic E-state index is 8.74. The van der Waals surface area contributed by atoms with Gasteiger partial charge in [-0.25, -0.2) is 0 Å². The molecule has 0 aromatic heterocycles. The molecule has 2 aliphatic heterocycles. The van der Waals surface area contributed by atoms with Gasteiger partial charge >= 0.3 is 0 Å². The Balaban J connectivity index is 1.77. The third-order valence-corrected chi connectivity index (χ3v) is 3.73. The van der Waals surface area contributed by atoms with E-state index in [0.29, 0.717) is 13.0 Å². The van der Waals surface area contributed by atoms with Crippen molar-refractivity contribution in [2.24, 2.45) is 5.11 Å². The maximum absolute atomic E-state index is 8.74. The van der Waals surface area contributed by atoms with Crippen molar-refractivity contribution in [2.45, 2.75) is 37.3 Å². The molecule has 0 N–H and O–H groups in total. The van der Waals surface area contributed by atoms with Gasteiger partial charge in [0.05, 0.1) is 18.8 Å². The summed E-state index contributed by atoms with van der Waals surface area (Å²) in [5.74, 6) is 0. The molecule has 5 atom stereocenters. The summed E-state index contributed by atoms with van der Waals surface area (Å²) >= 11 is 0. The van der Waals surface area contributed by atoms with Crippen molar-refractivity contribution in [2.75, 3.05) is 13.7 Å². The Morgan fingerprint density at radius 3 is 2.81 bits per heavy atom. The van der Waals surface area contributed by atoms with Gasteiger partial charge < -0.3 is 18.9 Å². The largest absolute Gasteiger partial charge is 0.356 e. The van der Waals surface area contributed by atoms with Crippen molar-refractivity contribution in [1.82, 2.24) is 0 Å². The number of fused-ring (bicyclic) bond motifs is 1. The highest BCUT2D eigenvalue weighted by Gasteiger charge is 2.44. The molecule has 0 unspecified atom stereocenters. The Morgan fingerprint density at radius 2 is 2.10 bits per heavy atom. The van der Waals surface area contributed by atoms with E-state index >= 15 is 0 Å². The first kappa shape index (κ1) is 14.3. The highest BCUT2D eigenvalue weighted by molar-refractivity contribution is 5.16. The fourth-order valence-corrected chi connectivity index (χ4v) is 2.70. The minimum Gasteiger partial charge on any atom is -0.356 e. The van der Waals surface area contributed by atoms with Gasteiger partial charge in [0.15, 0.2) is 12.6 Å². The second kappa shape index (κ2) is 6.43. The summed E-state index contributed by atoms with van der Waals surface area (Å²) in [5, 5.41) is 3.83. The van der Waals surface area contributed by atoms with E-state index in [1.54, 1.807) is 7.11 Å². The molecule has 2 fully saturated rings. The molecule has 2 heterocycles. The van der Waals surface area contributed by atoms with E-state index in [1.807, 2.05) is 30.3 Å². The number of hydrogen-bond donors (Lipinski definition) is 0. The molecule has 7 heteroatoms. The Hall–Kier alpha value is -1.63. The predicted octanol–water partition coefficient (Wildman–Crippen LogP) is 2.54. The van der Waals surface area contributed by atoms with E-state index in [1.165, 1.54) is 0 Å². The molecule has 1 aromatic carbocycles. The van der Waals surface area contributed by atoms with Crippen LogP contribution in [0.3, 0.4) is 0 Å². The third-order valence-electron chi connectivity index (χ3n) is 3.73. The first-order valence-corrected chi connectivity index (χ1v) is 6.86. The number of methoxy groups -OCH3 is 1. The molecule has 2 aliphatic rings. The van der Waals surface area contributed by atoms with Crippen LogP contribution in [-0.2, 0) is 18.9 Å². The van der Waals surface area contributed by atoms with Crippen molar-refractivity contribution in [1.29, 1.82) is 0 Å². The van der Waals surface area contributed by atoms with Crippen molar-refractivity contribution >= 4 is 0 Å². The van der Waals surface area contributed by atoms with E-state index in [-0.39, 0.29) is 18.2 Å². The number of azide groups is 1. The molecule has 21 heavy (non-hydrogen) atoms. The molecule has 7 nitrogen and oxygen atoms in total. The quantitative estimate of drug-likeness (QED) is 0.486. The predicted molar refractivity (Wildman–Crippen MR) is 73.2 cm³/mol. The molecule has 0 amide bonds. The highest BCUT2D eigenvalue weighted by atomic mass is 16.7. The average molecular weight is 291 g/mol. The Labute approximate surface area is 122 Å². The van der Waals surface area contributed by atoms with Crippen LogP contribution in [0.4, 0.5) is 0 Å². The van der Waals surface area contributed by atoms with E-state index < -0.39 is 12.6 Å². The highest BCUT2D eigenvalue weighted by Crippen LogP contribution is 2.35. The second-order valence-electron chi connectivity index (χ2n) is 5.02. The second-order valence-corrected chi connectivity index (χ2v) is 5.02. The molecule has 0 bridgehead atoms. The monoisotopic (exact) mass is 291 g/mol. The number of rotatable bonds is 3. The van der Waals surface area contributed by atoms with Crippen molar-refractivity contribution < 1.29 is 18.9 Å².